The Morgan fingerprint density at radius 2 is 2.09 bits per heavy atom. The molecule has 0 spiro atoms. The highest BCUT2D eigenvalue weighted by atomic mass is 32.2. The van der Waals surface area contributed by atoms with Crippen LogP contribution >= 0.6 is 24.0 Å². The molecule has 6 heteroatoms. The van der Waals surface area contributed by atoms with Crippen molar-refractivity contribution >= 4 is 40.3 Å². The summed E-state index contributed by atoms with van der Waals surface area (Å²) in [6, 6.07) is 9.81. The van der Waals surface area contributed by atoms with Gasteiger partial charge in [0.25, 0.3) is 5.91 Å². The molecule has 0 bridgehead atoms. The molecule has 2 heterocycles. The van der Waals surface area contributed by atoms with E-state index < -0.39 is 0 Å². The van der Waals surface area contributed by atoms with Crippen LogP contribution in [0.3, 0.4) is 0 Å². The van der Waals surface area contributed by atoms with Crippen LogP contribution < -0.4 is 0 Å². The first-order valence-corrected chi connectivity index (χ1v) is 7.88. The van der Waals surface area contributed by atoms with E-state index in [1.54, 1.807) is 21.9 Å². The van der Waals surface area contributed by atoms with E-state index in [4.69, 9.17) is 12.2 Å². The molecule has 4 nitrogen and oxygen atoms in total. The number of hydrogen-bond donors (Lipinski definition) is 0. The molecule has 0 aliphatic carbocycles. The van der Waals surface area contributed by atoms with Crippen molar-refractivity contribution in [2.24, 2.45) is 0 Å². The average Bonchev–Trinajstić information content (AvgIpc) is 3.09. The first-order chi connectivity index (χ1) is 10.7. The second-order valence-electron chi connectivity index (χ2n) is 4.63. The lowest BCUT2D eigenvalue weighted by atomic mass is 10.3. The molecule has 1 aromatic carbocycles. The molecule has 2 aromatic rings. The van der Waals surface area contributed by atoms with E-state index in [0.29, 0.717) is 15.8 Å². The smallest absolute Gasteiger partial charge is 0.266 e. The number of thiocarbonyl (C=S) groups is 1. The summed E-state index contributed by atoms with van der Waals surface area (Å²) in [5.41, 5.74) is 1.84. The Hall–Kier alpha value is -2.18. The van der Waals surface area contributed by atoms with Crippen molar-refractivity contribution in [2.45, 2.75) is 0 Å². The summed E-state index contributed by atoms with van der Waals surface area (Å²) in [6.45, 7) is 4.08. The Bertz CT molecular complexity index is 765. The zero-order valence-electron chi connectivity index (χ0n) is 11.7. The first kappa shape index (κ1) is 14.7. The minimum Gasteiger partial charge on any atom is -0.289 e. The molecule has 1 aromatic heterocycles. The Morgan fingerprint density at radius 1 is 1.32 bits per heavy atom. The molecule has 110 valence electrons. The highest BCUT2D eigenvalue weighted by molar-refractivity contribution is 8.26. The van der Waals surface area contributed by atoms with E-state index in [1.807, 2.05) is 42.6 Å². The van der Waals surface area contributed by atoms with Gasteiger partial charge in [-0.3, -0.25) is 9.69 Å². The summed E-state index contributed by atoms with van der Waals surface area (Å²) in [5, 5.41) is 4.32. The number of aromatic nitrogens is 2. The molecule has 0 saturated carbocycles. The molecule has 0 atom stereocenters. The number of amides is 1. The fourth-order valence-corrected chi connectivity index (χ4v) is 3.35. The van der Waals surface area contributed by atoms with Gasteiger partial charge in [0.2, 0.25) is 0 Å². The minimum absolute atomic E-state index is 0.0811. The van der Waals surface area contributed by atoms with Crippen LogP contribution in [0.25, 0.3) is 11.8 Å². The second kappa shape index (κ2) is 6.29. The van der Waals surface area contributed by atoms with Crippen LogP contribution in [0.15, 0.2) is 60.3 Å². The predicted octanol–water partition coefficient (Wildman–Crippen LogP) is 3.26. The highest BCUT2D eigenvalue weighted by Gasteiger charge is 2.30. The lowest BCUT2D eigenvalue weighted by molar-refractivity contribution is -0.121. The SMILES string of the molecule is C=CCN1C(=O)/C(=C/c2cnn(-c3ccccc3)c2)SC1=S. The van der Waals surface area contributed by atoms with E-state index in [0.717, 1.165) is 11.3 Å². The Kier molecular flexibility index (Phi) is 4.22. The first-order valence-electron chi connectivity index (χ1n) is 6.65. The van der Waals surface area contributed by atoms with Crippen LogP contribution in [0.1, 0.15) is 5.56 Å². The minimum atomic E-state index is -0.0811. The molecule has 3 rings (SSSR count). The zero-order chi connectivity index (χ0) is 15.5. The summed E-state index contributed by atoms with van der Waals surface area (Å²) in [6.07, 6.45) is 7.10. The number of nitrogens with zero attached hydrogens (tertiary/aromatic N) is 3. The largest absolute Gasteiger partial charge is 0.289 e. The van der Waals surface area contributed by atoms with Crippen LogP contribution in [0.5, 0.6) is 0 Å². The molecule has 22 heavy (non-hydrogen) atoms. The number of rotatable bonds is 4. The Labute approximate surface area is 138 Å². The molecule has 0 radical (unpaired) electrons. The fourth-order valence-electron chi connectivity index (χ4n) is 2.07. The van der Waals surface area contributed by atoms with Gasteiger partial charge in [-0.05, 0) is 18.2 Å². The van der Waals surface area contributed by atoms with Crippen molar-refractivity contribution in [3.63, 3.8) is 0 Å². The van der Waals surface area contributed by atoms with Crippen molar-refractivity contribution in [1.82, 2.24) is 14.7 Å². The fraction of sp³-hybridized carbons (Fsp3) is 0.0625. The standard InChI is InChI=1S/C16H13N3OS2/c1-2-8-18-15(20)14(22-16(18)21)9-12-10-17-19(11-12)13-6-4-3-5-7-13/h2-7,9-11H,1,8H2/b14-9-. The molecule has 0 N–H and O–H groups in total. The van der Waals surface area contributed by atoms with Gasteiger partial charge in [0.1, 0.15) is 4.32 Å². The van der Waals surface area contributed by atoms with Crippen molar-refractivity contribution in [1.29, 1.82) is 0 Å². The van der Waals surface area contributed by atoms with E-state index in [1.165, 1.54) is 11.8 Å². The molecule has 1 aliphatic heterocycles. The van der Waals surface area contributed by atoms with Gasteiger partial charge in [-0.25, -0.2) is 4.68 Å². The maximum Gasteiger partial charge on any atom is 0.266 e. The molecular formula is C16H13N3OS2. The van der Waals surface area contributed by atoms with E-state index in [-0.39, 0.29) is 5.91 Å². The normalized spacial score (nSPS) is 16.5. The molecule has 1 saturated heterocycles. The van der Waals surface area contributed by atoms with Crippen LogP contribution in [0.4, 0.5) is 0 Å². The van der Waals surface area contributed by atoms with E-state index in [2.05, 4.69) is 11.7 Å². The molecular weight excluding hydrogens is 314 g/mol. The maximum atomic E-state index is 12.3. The van der Waals surface area contributed by atoms with Crippen LogP contribution in [-0.4, -0.2) is 31.5 Å². The summed E-state index contributed by atoms with van der Waals surface area (Å²) in [4.78, 5) is 14.4. The van der Waals surface area contributed by atoms with Gasteiger partial charge >= 0.3 is 0 Å². The van der Waals surface area contributed by atoms with Crippen molar-refractivity contribution in [2.75, 3.05) is 6.54 Å². The molecule has 1 fully saturated rings. The van der Waals surface area contributed by atoms with Gasteiger partial charge in [-0.2, -0.15) is 5.10 Å². The number of carbonyl (C=O) groups excluding carboxylic acids is 1. The number of carbonyl (C=O) groups is 1. The van der Waals surface area contributed by atoms with Gasteiger partial charge < -0.3 is 0 Å². The summed E-state index contributed by atoms with van der Waals surface area (Å²) in [7, 11) is 0. The van der Waals surface area contributed by atoms with E-state index >= 15 is 0 Å². The van der Waals surface area contributed by atoms with Crippen LogP contribution in [0.2, 0.25) is 0 Å². The third kappa shape index (κ3) is 2.88. The van der Waals surface area contributed by atoms with Crippen molar-refractivity contribution in [3.8, 4) is 5.69 Å². The van der Waals surface area contributed by atoms with E-state index in [9.17, 15) is 4.79 Å². The molecule has 1 amide bonds. The van der Waals surface area contributed by atoms with Gasteiger partial charge in [-0.15, -0.1) is 6.58 Å². The quantitative estimate of drug-likeness (QED) is 0.491. The van der Waals surface area contributed by atoms with Crippen molar-refractivity contribution in [3.05, 3.63) is 65.8 Å². The Balaban J connectivity index is 1.85. The Morgan fingerprint density at radius 3 is 2.82 bits per heavy atom. The monoisotopic (exact) mass is 327 g/mol. The summed E-state index contributed by atoms with van der Waals surface area (Å²) < 4.78 is 2.34. The predicted molar refractivity (Wildman–Crippen MR) is 93.6 cm³/mol. The number of hydrogen-bond acceptors (Lipinski definition) is 4. The van der Waals surface area contributed by atoms with Crippen LogP contribution in [0, 0.1) is 0 Å². The second-order valence-corrected chi connectivity index (χ2v) is 6.31. The number of para-hydroxylation sites is 1. The average molecular weight is 327 g/mol. The lowest BCUT2D eigenvalue weighted by Crippen LogP contribution is -2.27. The summed E-state index contributed by atoms with van der Waals surface area (Å²) in [5.74, 6) is -0.0811. The molecule has 1 aliphatic rings. The van der Waals surface area contributed by atoms with Crippen molar-refractivity contribution < 1.29 is 4.79 Å². The van der Waals surface area contributed by atoms with Gasteiger partial charge in [0.15, 0.2) is 0 Å². The third-order valence-electron chi connectivity index (χ3n) is 3.11. The van der Waals surface area contributed by atoms with Gasteiger partial charge in [0, 0.05) is 18.3 Å². The third-order valence-corrected chi connectivity index (χ3v) is 4.48. The summed E-state index contributed by atoms with van der Waals surface area (Å²) >= 11 is 6.52. The lowest BCUT2D eigenvalue weighted by Gasteiger charge is -2.10. The zero-order valence-corrected chi connectivity index (χ0v) is 13.3. The maximum absolute atomic E-state index is 12.3. The van der Waals surface area contributed by atoms with Gasteiger partial charge in [0.05, 0.1) is 16.8 Å². The van der Waals surface area contributed by atoms with Gasteiger partial charge in [-0.1, -0.05) is 48.3 Å². The number of thioether (sulfide) groups is 1. The van der Waals surface area contributed by atoms with Crippen LogP contribution in [-0.2, 0) is 4.79 Å². The molecule has 0 unspecified atom stereocenters. The highest BCUT2D eigenvalue weighted by Crippen LogP contribution is 2.32. The topological polar surface area (TPSA) is 38.1 Å². The number of benzene rings is 1.